The summed E-state index contributed by atoms with van der Waals surface area (Å²) in [6.07, 6.45) is 0.0547. The summed E-state index contributed by atoms with van der Waals surface area (Å²) >= 11 is 0. The van der Waals surface area contributed by atoms with E-state index in [1.807, 2.05) is 6.07 Å². The Bertz CT molecular complexity index is 883. The van der Waals surface area contributed by atoms with E-state index in [4.69, 9.17) is 5.26 Å². The molecule has 2 N–H and O–H groups in total. The first-order valence-electron chi connectivity index (χ1n) is 8.69. The second-order valence-electron chi connectivity index (χ2n) is 6.27. The molecule has 2 aromatic rings. The number of nitriles is 1. The summed E-state index contributed by atoms with van der Waals surface area (Å²) in [6.45, 7) is -0.0546. The van der Waals surface area contributed by atoms with Crippen LogP contribution in [0.25, 0.3) is 0 Å². The Balaban J connectivity index is 1.99. The number of halogens is 2. The van der Waals surface area contributed by atoms with Crippen molar-refractivity contribution in [2.75, 3.05) is 36.9 Å². The van der Waals surface area contributed by atoms with Gasteiger partial charge in [0.1, 0.15) is 11.6 Å². The lowest BCUT2D eigenvalue weighted by molar-refractivity contribution is -0.862. The maximum absolute atomic E-state index is 14.1. The Morgan fingerprint density at radius 3 is 2.57 bits per heavy atom. The first-order valence-corrected chi connectivity index (χ1v) is 8.69. The lowest BCUT2D eigenvalue weighted by Gasteiger charge is -2.23. The minimum atomic E-state index is -0.560. The fourth-order valence-corrected chi connectivity index (χ4v) is 2.67. The summed E-state index contributed by atoms with van der Waals surface area (Å²) in [7, 11) is 1.65. The summed E-state index contributed by atoms with van der Waals surface area (Å²) in [4.78, 5) is 26.5. The van der Waals surface area contributed by atoms with Crippen molar-refractivity contribution in [1.82, 2.24) is 0 Å². The fraction of sp³-hybridized carbons (Fsp3) is 0.250. The quantitative estimate of drug-likeness (QED) is 0.718. The maximum atomic E-state index is 14.1. The van der Waals surface area contributed by atoms with E-state index in [1.165, 1.54) is 41.3 Å². The molecule has 0 bridgehead atoms. The number of para-hydroxylation sites is 1. The van der Waals surface area contributed by atoms with Gasteiger partial charge < -0.3 is 15.1 Å². The van der Waals surface area contributed by atoms with Gasteiger partial charge in [0.25, 0.3) is 11.8 Å². The number of amides is 2. The topological polar surface area (TPSA) is 77.6 Å². The molecule has 0 saturated heterocycles. The largest absolute Gasteiger partial charge is 0.322 e. The van der Waals surface area contributed by atoms with Crippen molar-refractivity contribution < 1.29 is 23.3 Å². The minimum Gasteiger partial charge on any atom is -0.322 e. The number of rotatable bonds is 8. The molecule has 0 spiro atoms. The number of likely N-dealkylation sites (N-methyl/N-ethyl adjacent to an activating group) is 1. The van der Waals surface area contributed by atoms with Crippen LogP contribution < -0.4 is 15.1 Å². The van der Waals surface area contributed by atoms with Crippen molar-refractivity contribution in [3.8, 4) is 6.07 Å². The number of anilines is 2. The lowest BCUT2D eigenvalue weighted by atomic mass is 10.2. The molecule has 28 heavy (non-hydrogen) atoms. The molecule has 146 valence electrons. The second kappa shape index (κ2) is 10.1. The Morgan fingerprint density at radius 2 is 1.89 bits per heavy atom. The summed E-state index contributed by atoms with van der Waals surface area (Å²) in [5.74, 6) is -1.82. The van der Waals surface area contributed by atoms with Gasteiger partial charge in [-0.2, -0.15) is 5.26 Å². The monoisotopic (exact) mass is 387 g/mol. The molecule has 0 aliphatic carbocycles. The summed E-state index contributed by atoms with van der Waals surface area (Å²) in [5.41, 5.74) is 0.422. The summed E-state index contributed by atoms with van der Waals surface area (Å²) in [5, 5.41) is 11.4. The SMILES string of the molecule is C[NH+](CC(=O)Nc1cccc(F)c1)CC(=O)N(CCC#N)c1ccccc1F. The van der Waals surface area contributed by atoms with Gasteiger partial charge in [-0.25, -0.2) is 8.78 Å². The average molecular weight is 387 g/mol. The van der Waals surface area contributed by atoms with Gasteiger partial charge in [-0.05, 0) is 30.3 Å². The number of nitrogens with zero attached hydrogens (tertiary/aromatic N) is 2. The van der Waals surface area contributed by atoms with Crippen LogP contribution in [0.1, 0.15) is 6.42 Å². The fourth-order valence-electron chi connectivity index (χ4n) is 2.67. The van der Waals surface area contributed by atoms with Crippen molar-refractivity contribution in [3.05, 3.63) is 60.2 Å². The van der Waals surface area contributed by atoms with E-state index in [9.17, 15) is 18.4 Å². The van der Waals surface area contributed by atoms with Crippen molar-refractivity contribution in [2.45, 2.75) is 6.42 Å². The molecule has 6 nitrogen and oxygen atoms in total. The standard InChI is InChI=1S/C20H20F2N4O2/c1-25(13-19(27)24-16-7-4-6-15(21)12-16)14-20(28)26(11-5-10-23)18-9-3-2-8-17(18)22/h2-4,6-9,12H,5,11,13-14H2,1H3,(H,24,27)/p+1. The molecule has 2 aromatic carbocycles. The lowest BCUT2D eigenvalue weighted by Crippen LogP contribution is -3.11. The predicted octanol–water partition coefficient (Wildman–Crippen LogP) is 1.36. The van der Waals surface area contributed by atoms with Crippen LogP contribution in [0.3, 0.4) is 0 Å². The molecule has 2 rings (SSSR count). The highest BCUT2D eigenvalue weighted by molar-refractivity contribution is 5.95. The molecule has 0 fully saturated rings. The van der Waals surface area contributed by atoms with Gasteiger partial charge in [0.15, 0.2) is 13.1 Å². The number of benzene rings is 2. The number of carbonyl (C=O) groups excluding carboxylic acids is 2. The molecular formula is C20H21F2N4O2+. The van der Waals surface area contributed by atoms with E-state index in [1.54, 1.807) is 19.2 Å². The Hall–Kier alpha value is -3.31. The van der Waals surface area contributed by atoms with Gasteiger partial charge in [-0.15, -0.1) is 0 Å². The third kappa shape index (κ3) is 6.14. The maximum Gasteiger partial charge on any atom is 0.282 e. The molecular weight excluding hydrogens is 366 g/mol. The Labute approximate surface area is 162 Å². The van der Waals surface area contributed by atoms with Gasteiger partial charge in [-0.1, -0.05) is 18.2 Å². The zero-order valence-electron chi connectivity index (χ0n) is 15.4. The van der Waals surface area contributed by atoms with Crippen molar-refractivity contribution in [3.63, 3.8) is 0 Å². The van der Waals surface area contributed by atoms with Crippen LogP contribution in [-0.4, -0.2) is 38.5 Å². The molecule has 0 saturated carbocycles. The molecule has 0 heterocycles. The summed E-state index contributed by atoms with van der Waals surface area (Å²) < 4.78 is 27.2. The van der Waals surface area contributed by atoms with E-state index >= 15 is 0 Å². The van der Waals surface area contributed by atoms with E-state index < -0.39 is 17.5 Å². The van der Waals surface area contributed by atoms with Gasteiger partial charge >= 0.3 is 0 Å². The average Bonchev–Trinajstić information content (AvgIpc) is 2.63. The van der Waals surface area contributed by atoms with E-state index in [0.29, 0.717) is 10.6 Å². The van der Waals surface area contributed by atoms with Crippen LogP contribution in [0.15, 0.2) is 48.5 Å². The van der Waals surface area contributed by atoms with Crippen LogP contribution >= 0.6 is 0 Å². The van der Waals surface area contributed by atoms with Crippen LogP contribution in [0, 0.1) is 23.0 Å². The molecule has 2 amide bonds. The van der Waals surface area contributed by atoms with E-state index in [2.05, 4.69) is 5.32 Å². The molecule has 0 aliphatic rings. The summed E-state index contributed by atoms with van der Waals surface area (Å²) in [6, 6.07) is 13.3. The zero-order chi connectivity index (χ0) is 20.5. The minimum absolute atomic E-state index is 0.0361. The van der Waals surface area contributed by atoms with Gasteiger partial charge in [0.2, 0.25) is 0 Å². The third-order valence-electron chi connectivity index (χ3n) is 3.92. The number of hydrogen-bond donors (Lipinski definition) is 2. The number of carbonyl (C=O) groups is 2. The Morgan fingerprint density at radius 1 is 1.14 bits per heavy atom. The number of nitrogens with one attached hydrogen (secondary N) is 2. The molecule has 0 aliphatic heterocycles. The van der Waals surface area contributed by atoms with Crippen molar-refractivity contribution >= 4 is 23.2 Å². The van der Waals surface area contributed by atoms with E-state index in [0.717, 1.165) is 0 Å². The Kier molecular flexibility index (Phi) is 7.60. The molecule has 0 aromatic heterocycles. The third-order valence-corrected chi connectivity index (χ3v) is 3.92. The highest BCUT2D eigenvalue weighted by Gasteiger charge is 2.23. The first kappa shape index (κ1) is 21.0. The highest BCUT2D eigenvalue weighted by atomic mass is 19.1. The normalized spacial score (nSPS) is 11.4. The number of quaternary nitrogens is 1. The molecule has 1 atom stereocenters. The zero-order valence-corrected chi connectivity index (χ0v) is 15.4. The van der Waals surface area contributed by atoms with Crippen molar-refractivity contribution in [2.24, 2.45) is 0 Å². The van der Waals surface area contributed by atoms with Crippen LogP contribution in [-0.2, 0) is 9.59 Å². The number of hydrogen-bond acceptors (Lipinski definition) is 3. The molecule has 1 unspecified atom stereocenters. The molecule has 8 heteroatoms. The van der Waals surface area contributed by atoms with Gasteiger partial charge in [0.05, 0.1) is 25.2 Å². The van der Waals surface area contributed by atoms with Gasteiger partial charge in [0, 0.05) is 12.2 Å². The predicted molar refractivity (Wildman–Crippen MR) is 101 cm³/mol. The molecule has 0 radical (unpaired) electrons. The van der Waals surface area contributed by atoms with Gasteiger partial charge in [-0.3, -0.25) is 9.59 Å². The first-order chi connectivity index (χ1) is 13.4. The smallest absolute Gasteiger partial charge is 0.282 e. The van der Waals surface area contributed by atoms with Crippen LogP contribution in [0.4, 0.5) is 20.2 Å². The highest BCUT2D eigenvalue weighted by Crippen LogP contribution is 2.18. The van der Waals surface area contributed by atoms with Crippen molar-refractivity contribution in [1.29, 1.82) is 5.26 Å². The van der Waals surface area contributed by atoms with Crippen LogP contribution in [0.5, 0.6) is 0 Å². The van der Waals surface area contributed by atoms with Crippen LogP contribution in [0.2, 0.25) is 0 Å². The second-order valence-corrected chi connectivity index (χ2v) is 6.27. The van der Waals surface area contributed by atoms with E-state index in [-0.39, 0.29) is 37.6 Å².